The Balaban J connectivity index is 2.10. The minimum atomic E-state index is 0.893. The average Bonchev–Trinajstić information content (AvgIpc) is 2.91. The van der Waals surface area contributed by atoms with Gasteiger partial charge >= 0.3 is 0 Å². The second-order valence-electron chi connectivity index (χ2n) is 5.71. The molecule has 3 aromatic rings. The number of aryl methyl sites for hydroxylation is 1. The highest BCUT2D eigenvalue weighted by atomic mass is 16.5. The molecule has 0 bridgehead atoms. The number of para-hydroxylation sites is 1. The summed E-state index contributed by atoms with van der Waals surface area (Å²) in [4.78, 5) is 0. The maximum absolute atomic E-state index is 5.60. The predicted molar refractivity (Wildman–Crippen MR) is 92.6 cm³/mol. The van der Waals surface area contributed by atoms with E-state index in [9.17, 15) is 0 Å². The maximum atomic E-state index is 5.60. The van der Waals surface area contributed by atoms with Crippen LogP contribution in [-0.4, -0.2) is 11.7 Å². The van der Waals surface area contributed by atoms with E-state index in [1.165, 1.54) is 35.0 Å². The zero-order chi connectivity index (χ0) is 15.4. The first-order valence-corrected chi connectivity index (χ1v) is 8.02. The zero-order valence-electron chi connectivity index (χ0n) is 13.4. The molecule has 0 aliphatic rings. The molecular weight excluding hydrogens is 270 g/mol. The maximum Gasteiger partial charge on any atom is 0.143 e. The van der Waals surface area contributed by atoms with Crippen molar-refractivity contribution in [3.8, 4) is 5.75 Å². The largest absolute Gasteiger partial charge is 0.495 e. The average molecular weight is 293 g/mol. The van der Waals surface area contributed by atoms with Gasteiger partial charge in [-0.25, -0.2) is 0 Å². The van der Waals surface area contributed by atoms with Crippen molar-refractivity contribution in [3.05, 3.63) is 65.9 Å². The molecule has 2 heteroatoms. The molecule has 0 aliphatic heterocycles. The molecule has 0 unspecified atom stereocenters. The number of hydrogen-bond donors (Lipinski definition) is 0. The molecule has 1 heterocycles. The van der Waals surface area contributed by atoms with Crippen LogP contribution in [0.5, 0.6) is 5.75 Å². The van der Waals surface area contributed by atoms with Crippen molar-refractivity contribution in [3.63, 3.8) is 0 Å². The molecule has 114 valence electrons. The van der Waals surface area contributed by atoms with E-state index in [2.05, 4.69) is 60.0 Å². The van der Waals surface area contributed by atoms with Gasteiger partial charge in [-0.2, -0.15) is 0 Å². The van der Waals surface area contributed by atoms with Crippen LogP contribution in [-0.2, 0) is 13.0 Å². The quantitative estimate of drug-likeness (QED) is 0.621. The van der Waals surface area contributed by atoms with Crippen LogP contribution in [0, 0.1) is 0 Å². The summed E-state index contributed by atoms with van der Waals surface area (Å²) >= 11 is 0. The monoisotopic (exact) mass is 293 g/mol. The Morgan fingerprint density at radius 3 is 2.55 bits per heavy atom. The van der Waals surface area contributed by atoms with Crippen molar-refractivity contribution < 1.29 is 4.74 Å². The van der Waals surface area contributed by atoms with Crippen molar-refractivity contribution in [2.75, 3.05) is 7.11 Å². The van der Waals surface area contributed by atoms with Gasteiger partial charge in [-0.05, 0) is 30.5 Å². The molecule has 0 atom stereocenters. The Kier molecular flexibility index (Phi) is 4.47. The Morgan fingerprint density at radius 1 is 1.00 bits per heavy atom. The van der Waals surface area contributed by atoms with Gasteiger partial charge < -0.3 is 9.30 Å². The Hall–Kier alpha value is -2.22. The van der Waals surface area contributed by atoms with E-state index in [1.807, 2.05) is 6.07 Å². The summed E-state index contributed by atoms with van der Waals surface area (Å²) in [6.07, 6.45) is 3.54. The Bertz CT molecular complexity index is 743. The fourth-order valence-electron chi connectivity index (χ4n) is 3.02. The van der Waals surface area contributed by atoms with Crippen molar-refractivity contribution in [2.45, 2.75) is 32.7 Å². The lowest BCUT2D eigenvalue weighted by Crippen LogP contribution is -2.05. The van der Waals surface area contributed by atoms with Crippen LogP contribution in [0.3, 0.4) is 0 Å². The number of fused-ring (bicyclic) bond motifs is 1. The minimum absolute atomic E-state index is 0.893. The Labute approximate surface area is 132 Å². The molecule has 0 N–H and O–H groups in total. The van der Waals surface area contributed by atoms with E-state index >= 15 is 0 Å². The third-order valence-electron chi connectivity index (χ3n) is 4.16. The van der Waals surface area contributed by atoms with Crippen molar-refractivity contribution in [1.29, 1.82) is 0 Å². The molecule has 0 aliphatic carbocycles. The molecule has 0 amide bonds. The SMILES string of the molecule is CCCCc1cc2cccc(OC)c2n1Cc1ccccc1. The number of benzene rings is 2. The number of ether oxygens (including phenoxy) is 1. The standard InChI is InChI=1S/C20H23NO/c1-3-4-12-18-14-17-11-8-13-19(22-2)20(17)21(18)15-16-9-6-5-7-10-16/h5-11,13-14H,3-4,12,15H2,1-2H3. The van der Waals surface area contributed by atoms with Gasteiger partial charge in [0, 0.05) is 17.6 Å². The molecule has 1 aromatic heterocycles. The zero-order valence-corrected chi connectivity index (χ0v) is 13.4. The molecule has 0 saturated heterocycles. The van der Waals surface area contributed by atoms with Crippen molar-refractivity contribution in [1.82, 2.24) is 4.57 Å². The number of unbranched alkanes of at least 4 members (excludes halogenated alkanes) is 1. The van der Waals surface area contributed by atoms with Gasteiger partial charge in [0.15, 0.2) is 0 Å². The van der Waals surface area contributed by atoms with Crippen LogP contribution in [0.25, 0.3) is 10.9 Å². The van der Waals surface area contributed by atoms with Crippen LogP contribution in [0.1, 0.15) is 31.0 Å². The first-order chi connectivity index (χ1) is 10.8. The van der Waals surface area contributed by atoms with Gasteiger partial charge in [0.1, 0.15) is 5.75 Å². The van der Waals surface area contributed by atoms with Crippen molar-refractivity contribution in [2.24, 2.45) is 0 Å². The van der Waals surface area contributed by atoms with Gasteiger partial charge in [-0.15, -0.1) is 0 Å². The van der Waals surface area contributed by atoms with E-state index in [-0.39, 0.29) is 0 Å². The fourth-order valence-corrected chi connectivity index (χ4v) is 3.02. The Morgan fingerprint density at radius 2 is 1.82 bits per heavy atom. The summed E-state index contributed by atoms with van der Waals surface area (Å²) in [5.74, 6) is 0.955. The fraction of sp³-hybridized carbons (Fsp3) is 0.300. The summed E-state index contributed by atoms with van der Waals surface area (Å²) in [6, 6.07) is 19.2. The summed E-state index contributed by atoms with van der Waals surface area (Å²) in [5.41, 5.74) is 3.92. The predicted octanol–water partition coefficient (Wildman–Crippen LogP) is 5.04. The summed E-state index contributed by atoms with van der Waals surface area (Å²) < 4.78 is 8.02. The van der Waals surface area contributed by atoms with Gasteiger partial charge in [-0.1, -0.05) is 55.8 Å². The molecule has 0 radical (unpaired) electrons. The molecule has 3 rings (SSSR count). The number of methoxy groups -OCH3 is 1. The van der Waals surface area contributed by atoms with E-state index < -0.39 is 0 Å². The van der Waals surface area contributed by atoms with Gasteiger partial charge in [0.05, 0.1) is 12.6 Å². The van der Waals surface area contributed by atoms with Gasteiger partial charge in [0.2, 0.25) is 0 Å². The van der Waals surface area contributed by atoms with Gasteiger partial charge in [0.25, 0.3) is 0 Å². The van der Waals surface area contributed by atoms with Crippen molar-refractivity contribution >= 4 is 10.9 Å². The van der Waals surface area contributed by atoms with Crippen LogP contribution in [0.15, 0.2) is 54.6 Å². The molecular formula is C20H23NO. The number of rotatable bonds is 6. The van der Waals surface area contributed by atoms with E-state index in [0.29, 0.717) is 0 Å². The summed E-state index contributed by atoms with van der Waals surface area (Å²) in [6.45, 7) is 3.13. The van der Waals surface area contributed by atoms with Gasteiger partial charge in [-0.3, -0.25) is 0 Å². The second kappa shape index (κ2) is 6.69. The second-order valence-corrected chi connectivity index (χ2v) is 5.71. The molecule has 0 saturated carbocycles. The molecule has 0 fully saturated rings. The first kappa shape index (κ1) is 14.7. The minimum Gasteiger partial charge on any atom is -0.495 e. The number of aromatic nitrogens is 1. The van der Waals surface area contributed by atoms with Crippen LogP contribution < -0.4 is 4.74 Å². The summed E-state index contributed by atoms with van der Waals surface area (Å²) in [7, 11) is 1.75. The topological polar surface area (TPSA) is 14.2 Å². The van der Waals surface area contributed by atoms with E-state index in [4.69, 9.17) is 4.74 Å². The third kappa shape index (κ3) is 2.87. The lowest BCUT2D eigenvalue weighted by molar-refractivity contribution is 0.417. The third-order valence-corrected chi connectivity index (χ3v) is 4.16. The summed E-state index contributed by atoms with van der Waals surface area (Å²) in [5, 5.41) is 1.27. The lowest BCUT2D eigenvalue weighted by atomic mass is 10.2. The first-order valence-electron chi connectivity index (χ1n) is 8.02. The highest BCUT2D eigenvalue weighted by Gasteiger charge is 2.13. The smallest absolute Gasteiger partial charge is 0.143 e. The lowest BCUT2D eigenvalue weighted by Gasteiger charge is -2.13. The number of hydrogen-bond acceptors (Lipinski definition) is 1. The molecule has 0 spiro atoms. The van der Waals surface area contributed by atoms with Crippen LogP contribution in [0.4, 0.5) is 0 Å². The van der Waals surface area contributed by atoms with E-state index in [1.54, 1.807) is 7.11 Å². The molecule has 2 aromatic carbocycles. The number of nitrogens with zero attached hydrogens (tertiary/aromatic N) is 1. The van der Waals surface area contributed by atoms with Crippen LogP contribution >= 0.6 is 0 Å². The normalized spacial score (nSPS) is 11.0. The highest BCUT2D eigenvalue weighted by molar-refractivity contribution is 5.87. The van der Waals surface area contributed by atoms with E-state index in [0.717, 1.165) is 18.7 Å². The molecule has 22 heavy (non-hydrogen) atoms. The highest BCUT2D eigenvalue weighted by Crippen LogP contribution is 2.30. The molecule has 2 nitrogen and oxygen atoms in total. The van der Waals surface area contributed by atoms with Crippen LogP contribution in [0.2, 0.25) is 0 Å².